The predicted octanol–water partition coefficient (Wildman–Crippen LogP) is 2.56. The minimum atomic E-state index is -0.462. The van der Waals surface area contributed by atoms with Crippen LogP contribution >= 0.6 is 0 Å². The van der Waals surface area contributed by atoms with Crippen LogP contribution in [0.3, 0.4) is 0 Å². The van der Waals surface area contributed by atoms with Crippen LogP contribution in [0.1, 0.15) is 46.5 Å². The van der Waals surface area contributed by atoms with Crippen LogP contribution in [0.2, 0.25) is 0 Å². The second-order valence-corrected chi connectivity index (χ2v) is 3.77. The van der Waals surface area contributed by atoms with Crippen LogP contribution < -0.4 is 0 Å². The van der Waals surface area contributed by atoms with Gasteiger partial charge in [0.1, 0.15) is 5.60 Å². The Kier molecular flexibility index (Phi) is 3.48. The van der Waals surface area contributed by atoms with Crippen molar-refractivity contribution in [1.82, 2.24) is 0 Å². The Morgan fingerprint density at radius 3 is 2.15 bits per heavy atom. The van der Waals surface area contributed by atoms with Crippen LogP contribution in [0.25, 0.3) is 0 Å². The summed E-state index contributed by atoms with van der Waals surface area (Å²) < 4.78 is 5.64. The van der Waals surface area contributed by atoms with E-state index < -0.39 is 5.60 Å². The highest BCUT2D eigenvalue weighted by atomic mass is 16.5. The highest BCUT2D eigenvalue weighted by Crippen LogP contribution is 2.37. The standard InChI is InChI=1S/C11H20O2/c1-4-11(5-2,13-6-3)10(12)9-7-8-9/h9H,4-8H2,1-3H3. The zero-order chi connectivity index (χ0) is 9.90. The van der Waals surface area contributed by atoms with Gasteiger partial charge in [0, 0.05) is 12.5 Å². The van der Waals surface area contributed by atoms with E-state index in [-0.39, 0.29) is 0 Å². The molecule has 0 radical (unpaired) electrons. The van der Waals surface area contributed by atoms with Gasteiger partial charge in [-0.25, -0.2) is 0 Å². The smallest absolute Gasteiger partial charge is 0.167 e. The fourth-order valence-electron chi connectivity index (χ4n) is 1.87. The van der Waals surface area contributed by atoms with E-state index in [1.165, 1.54) is 0 Å². The molecule has 1 aliphatic carbocycles. The molecule has 0 aromatic rings. The summed E-state index contributed by atoms with van der Waals surface area (Å²) in [7, 11) is 0. The molecule has 1 fully saturated rings. The molecular formula is C11H20O2. The molecule has 0 spiro atoms. The lowest BCUT2D eigenvalue weighted by atomic mass is 9.89. The van der Waals surface area contributed by atoms with E-state index in [1.807, 2.05) is 20.8 Å². The topological polar surface area (TPSA) is 26.3 Å². The summed E-state index contributed by atoms with van der Waals surface area (Å²) in [6.45, 7) is 6.68. The molecule has 0 aliphatic heterocycles. The maximum atomic E-state index is 12.0. The SMILES string of the molecule is CCOC(CC)(CC)C(=O)C1CC1. The van der Waals surface area contributed by atoms with Gasteiger partial charge in [-0.3, -0.25) is 4.79 Å². The quantitative estimate of drug-likeness (QED) is 0.634. The Balaban J connectivity index is 2.67. The Morgan fingerprint density at radius 1 is 1.31 bits per heavy atom. The fraction of sp³-hybridized carbons (Fsp3) is 0.909. The summed E-state index contributed by atoms with van der Waals surface area (Å²) in [4.78, 5) is 12.0. The molecule has 0 aromatic heterocycles. The molecule has 0 N–H and O–H groups in total. The Hall–Kier alpha value is -0.370. The van der Waals surface area contributed by atoms with Crippen molar-refractivity contribution in [3.63, 3.8) is 0 Å². The van der Waals surface area contributed by atoms with Crippen molar-refractivity contribution in [1.29, 1.82) is 0 Å². The summed E-state index contributed by atoms with van der Waals surface area (Å²) in [5.41, 5.74) is -0.462. The summed E-state index contributed by atoms with van der Waals surface area (Å²) in [5.74, 6) is 0.658. The molecule has 0 heterocycles. The lowest BCUT2D eigenvalue weighted by Gasteiger charge is -2.29. The molecule has 13 heavy (non-hydrogen) atoms. The van der Waals surface area contributed by atoms with Crippen molar-refractivity contribution in [3.8, 4) is 0 Å². The molecule has 0 aromatic carbocycles. The van der Waals surface area contributed by atoms with E-state index in [9.17, 15) is 4.79 Å². The summed E-state index contributed by atoms with van der Waals surface area (Å²) in [5, 5.41) is 0. The van der Waals surface area contributed by atoms with Crippen molar-refractivity contribution in [3.05, 3.63) is 0 Å². The van der Waals surface area contributed by atoms with Crippen molar-refractivity contribution in [2.24, 2.45) is 5.92 Å². The van der Waals surface area contributed by atoms with Gasteiger partial charge in [0.05, 0.1) is 0 Å². The molecule has 1 saturated carbocycles. The Morgan fingerprint density at radius 2 is 1.85 bits per heavy atom. The van der Waals surface area contributed by atoms with E-state index in [4.69, 9.17) is 4.74 Å². The maximum absolute atomic E-state index is 12.0. The number of carbonyl (C=O) groups is 1. The first kappa shape index (κ1) is 10.7. The van der Waals surface area contributed by atoms with E-state index in [1.54, 1.807) is 0 Å². The van der Waals surface area contributed by atoms with Gasteiger partial charge < -0.3 is 4.74 Å². The van der Waals surface area contributed by atoms with Crippen LogP contribution in [0, 0.1) is 5.92 Å². The molecule has 1 aliphatic rings. The average Bonchev–Trinajstić information content (AvgIpc) is 2.96. The van der Waals surface area contributed by atoms with E-state index in [2.05, 4.69) is 0 Å². The Labute approximate surface area is 80.7 Å². The normalized spacial score (nSPS) is 17.5. The lowest BCUT2D eigenvalue weighted by Crippen LogP contribution is -2.41. The van der Waals surface area contributed by atoms with E-state index in [0.717, 1.165) is 25.7 Å². The van der Waals surface area contributed by atoms with Gasteiger partial charge in [-0.15, -0.1) is 0 Å². The van der Waals surface area contributed by atoms with Crippen molar-refractivity contribution in [2.45, 2.75) is 52.1 Å². The molecule has 0 unspecified atom stereocenters. The van der Waals surface area contributed by atoms with Gasteiger partial charge in [-0.1, -0.05) is 13.8 Å². The molecule has 0 amide bonds. The number of hydrogen-bond donors (Lipinski definition) is 0. The minimum Gasteiger partial charge on any atom is -0.368 e. The number of ketones is 1. The number of carbonyl (C=O) groups excluding carboxylic acids is 1. The lowest BCUT2D eigenvalue weighted by molar-refractivity contribution is -0.146. The first-order valence-electron chi connectivity index (χ1n) is 5.38. The zero-order valence-corrected chi connectivity index (χ0v) is 8.93. The fourth-order valence-corrected chi connectivity index (χ4v) is 1.87. The number of Topliss-reactive ketones (excluding diaryl/α,β-unsaturated/α-hetero) is 1. The van der Waals surface area contributed by atoms with E-state index in [0.29, 0.717) is 18.3 Å². The zero-order valence-electron chi connectivity index (χ0n) is 8.93. The predicted molar refractivity (Wildman–Crippen MR) is 52.7 cm³/mol. The van der Waals surface area contributed by atoms with E-state index >= 15 is 0 Å². The highest BCUT2D eigenvalue weighted by Gasteiger charge is 2.43. The summed E-state index contributed by atoms with van der Waals surface area (Å²) in [6.07, 6.45) is 3.78. The molecule has 2 heteroatoms. The molecule has 1 rings (SSSR count). The first-order valence-corrected chi connectivity index (χ1v) is 5.38. The maximum Gasteiger partial charge on any atom is 0.167 e. The molecule has 76 valence electrons. The largest absolute Gasteiger partial charge is 0.368 e. The molecule has 0 saturated heterocycles. The van der Waals surface area contributed by atoms with Gasteiger partial charge in [0.15, 0.2) is 5.78 Å². The van der Waals surface area contributed by atoms with Gasteiger partial charge in [-0.2, -0.15) is 0 Å². The average molecular weight is 184 g/mol. The third-order valence-electron chi connectivity index (χ3n) is 2.96. The molecular weight excluding hydrogens is 164 g/mol. The van der Waals surface area contributed by atoms with Crippen molar-refractivity contribution >= 4 is 5.78 Å². The number of rotatable bonds is 6. The highest BCUT2D eigenvalue weighted by molar-refractivity contribution is 5.91. The van der Waals surface area contributed by atoms with Crippen LogP contribution in [0.5, 0.6) is 0 Å². The number of hydrogen-bond acceptors (Lipinski definition) is 2. The monoisotopic (exact) mass is 184 g/mol. The van der Waals surface area contributed by atoms with Crippen LogP contribution in [0.4, 0.5) is 0 Å². The van der Waals surface area contributed by atoms with Crippen molar-refractivity contribution < 1.29 is 9.53 Å². The third kappa shape index (κ3) is 2.11. The van der Waals surface area contributed by atoms with Crippen LogP contribution in [-0.2, 0) is 9.53 Å². The second kappa shape index (κ2) is 4.23. The molecule has 2 nitrogen and oxygen atoms in total. The Bertz CT molecular complexity index is 179. The van der Waals surface area contributed by atoms with Gasteiger partial charge in [-0.05, 0) is 32.6 Å². The minimum absolute atomic E-state index is 0.312. The molecule has 0 atom stereocenters. The van der Waals surface area contributed by atoms with Crippen LogP contribution in [0.15, 0.2) is 0 Å². The van der Waals surface area contributed by atoms with Gasteiger partial charge in [0.2, 0.25) is 0 Å². The summed E-state index contributed by atoms with van der Waals surface area (Å²) >= 11 is 0. The van der Waals surface area contributed by atoms with Gasteiger partial charge >= 0.3 is 0 Å². The second-order valence-electron chi connectivity index (χ2n) is 3.77. The van der Waals surface area contributed by atoms with Crippen LogP contribution in [-0.4, -0.2) is 18.0 Å². The molecule has 0 bridgehead atoms. The first-order chi connectivity index (χ1) is 6.20. The number of ether oxygens (including phenoxy) is 1. The van der Waals surface area contributed by atoms with Crippen molar-refractivity contribution in [2.75, 3.05) is 6.61 Å². The van der Waals surface area contributed by atoms with Gasteiger partial charge in [0.25, 0.3) is 0 Å². The summed E-state index contributed by atoms with van der Waals surface area (Å²) in [6, 6.07) is 0. The third-order valence-corrected chi connectivity index (χ3v) is 2.96.